The molecule has 2 unspecified atom stereocenters. The third kappa shape index (κ3) is 3.09. The molecular weight excluding hydrogens is 461 g/mol. The maximum atomic E-state index is 12.8. The van der Waals surface area contributed by atoms with Crippen LogP contribution in [0.25, 0.3) is 0 Å². The highest BCUT2D eigenvalue weighted by Gasteiger charge is 2.53. The Morgan fingerprint density at radius 1 is 1.42 bits per heavy atom. The molecule has 2 atom stereocenters. The second-order valence-electron chi connectivity index (χ2n) is 5.85. The molecule has 0 fully saturated rings. The van der Waals surface area contributed by atoms with Gasteiger partial charge in [0.05, 0.1) is 25.8 Å². The summed E-state index contributed by atoms with van der Waals surface area (Å²) in [7, 11) is 1.30. The quantitative estimate of drug-likeness (QED) is 0.490. The van der Waals surface area contributed by atoms with E-state index >= 15 is 0 Å². The minimum atomic E-state index is -1.32. The number of carbonyl (C=O) groups is 2. The molecular formula is C18H14BrCl2NO3S. The average Bonchev–Trinajstić information content (AvgIpc) is 2.99. The lowest BCUT2D eigenvalue weighted by Gasteiger charge is -2.42. The van der Waals surface area contributed by atoms with E-state index < -0.39 is 17.4 Å². The van der Waals surface area contributed by atoms with Gasteiger partial charge in [0.1, 0.15) is 0 Å². The second kappa shape index (κ2) is 7.35. The molecule has 0 spiro atoms. The van der Waals surface area contributed by atoms with Crippen molar-refractivity contribution >= 4 is 62.3 Å². The summed E-state index contributed by atoms with van der Waals surface area (Å²) in [4.78, 5) is 26.1. The number of thiophene rings is 1. The summed E-state index contributed by atoms with van der Waals surface area (Å²) in [5, 5.41) is 3.64. The van der Waals surface area contributed by atoms with Gasteiger partial charge in [0.25, 0.3) is 5.91 Å². The van der Waals surface area contributed by atoms with Crippen molar-refractivity contribution in [2.24, 2.45) is 0 Å². The molecule has 1 N–H and O–H groups in total. The van der Waals surface area contributed by atoms with Gasteiger partial charge in [0.15, 0.2) is 5.54 Å². The molecule has 0 aliphatic carbocycles. The van der Waals surface area contributed by atoms with Crippen LogP contribution in [0.4, 0.5) is 0 Å². The standard InChI is InChI=1S/C18H14BrCl2NO3S/c1-3-6-18(17(24)25-2)14(9-4-5-11(20)12(21)7-9)10-8-13(19)26-15(10)16(23)22-18/h3-5,7-8,14H,1,6H2,2H3,(H,22,23). The number of methoxy groups -OCH3 is 1. The molecule has 136 valence electrons. The number of halogens is 3. The van der Waals surface area contributed by atoms with Gasteiger partial charge in [-0.2, -0.15) is 0 Å². The SMILES string of the molecule is C=CCC1(C(=O)OC)NC(=O)c2sc(Br)cc2C1c1ccc(Cl)c(Cl)c1. The number of rotatable bonds is 4. The summed E-state index contributed by atoms with van der Waals surface area (Å²) in [6.07, 6.45) is 1.79. The number of fused-ring (bicyclic) bond motifs is 1. The van der Waals surface area contributed by atoms with Crippen LogP contribution in [0.3, 0.4) is 0 Å². The Morgan fingerprint density at radius 3 is 2.77 bits per heavy atom. The molecule has 1 aromatic heterocycles. The van der Waals surface area contributed by atoms with Gasteiger partial charge in [-0.1, -0.05) is 35.3 Å². The number of ether oxygens (including phenoxy) is 1. The number of hydrogen-bond acceptors (Lipinski definition) is 4. The number of esters is 1. The van der Waals surface area contributed by atoms with E-state index in [-0.39, 0.29) is 12.3 Å². The van der Waals surface area contributed by atoms with Crippen LogP contribution in [0.2, 0.25) is 10.0 Å². The Bertz CT molecular complexity index is 914. The summed E-state index contributed by atoms with van der Waals surface area (Å²) in [5.74, 6) is -1.37. The average molecular weight is 475 g/mol. The van der Waals surface area contributed by atoms with Gasteiger partial charge in [-0.3, -0.25) is 4.79 Å². The van der Waals surface area contributed by atoms with Gasteiger partial charge in [0, 0.05) is 5.92 Å². The Hall–Kier alpha value is -1.34. The van der Waals surface area contributed by atoms with Crippen molar-refractivity contribution < 1.29 is 14.3 Å². The fourth-order valence-corrected chi connectivity index (χ4v) is 5.21. The van der Waals surface area contributed by atoms with Crippen LogP contribution < -0.4 is 5.32 Å². The third-order valence-corrected chi connectivity index (χ3v) is 6.76. The predicted molar refractivity (Wildman–Crippen MR) is 107 cm³/mol. The first kappa shape index (κ1) is 19.4. The van der Waals surface area contributed by atoms with Gasteiger partial charge >= 0.3 is 5.97 Å². The molecule has 0 bridgehead atoms. The number of amides is 1. The summed E-state index contributed by atoms with van der Waals surface area (Å²) >= 11 is 17.0. The van der Waals surface area contributed by atoms with Gasteiger partial charge in [-0.15, -0.1) is 17.9 Å². The summed E-state index contributed by atoms with van der Waals surface area (Å²) < 4.78 is 5.85. The molecule has 1 amide bonds. The predicted octanol–water partition coefficient (Wildman–Crippen LogP) is 5.18. The van der Waals surface area contributed by atoms with E-state index in [0.717, 1.165) is 14.9 Å². The van der Waals surface area contributed by atoms with Crippen LogP contribution in [0.1, 0.15) is 33.1 Å². The van der Waals surface area contributed by atoms with E-state index in [1.807, 2.05) is 6.07 Å². The second-order valence-corrected chi connectivity index (χ2v) is 9.10. The molecule has 1 aliphatic heterocycles. The van der Waals surface area contributed by atoms with Crippen molar-refractivity contribution in [1.29, 1.82) is 0 Å². The zero-order chi connectivity index (χ0) is 19.1. The lowest BCUT2D eigenvalue weighted by Crippen LogP contribution is -2.61. The number of carbonyl (C=O) groups excluding carboxylic acids is 2. The lowest BCUT2D eigenvalue weighted by molar-refractivity contribution is -0.149. The molecule has 1 aliphatic rings. The Morgan fingerprint density at radius 2 is 2.15 bits per heavy atom. The van der Waals surface area contributed by atoms with Crippen molar-refractivity contribution in [2.75, 3.05) is 7.11 Å². The molecule has 1 aromatic carbocycles. The molecule has 4 nitrogen and oxygen atoms in total. The summed E-state index contributed by atoms with van der Waals surface area (Å²) in [6.45, 7) is 3.75. The topological polar surface area (TPSA) is 55.4 Å². The molecule has 2 heterocycles. The molecule has 0 saturated carbocycles. The fraction of sp³-hybridized carbons (Fsp3) is 0.222. The lowest BCUT2D eigenvalue weighted by atomic mass is 9.71. The van der Waals surface area contributed by atoms with E-state index in [4.69, 9.17) is 27.9 Å². The van der Waals surface area contributed by atoms with Crippen molar-refractivity contribution in [2.45, 2.75) is 17.9 Å². The largest absolute Gasteiger partial charge is 0.467 e. The van der Waals surface area contributed by atoms with Crippen LogP contribution in [-0.4, -0.2) is 24.5 Å². The van der Waals surface area contributed by atoms with Gasteiger partial charge in [-0.25, -0.2) is 4.79 Å². The van der Waals surface area contributed by atoms with E-state index in [2.05, 4.69) is 27.8 Å². The number of benzene rings is 1. The molecule has 3 rings (SSSR count). The zero-order valence-corrected chi connectivity index (χ0v) is 17.6. The highest BCUT2D eigenvalue weighted by atomic mass is 79.9. The first-order valence-corrected chi connectivity index (χ1v) is 9.96. The maximum absolute atomic E-state index is 12.8. The van der Waals surface area contributed by atoms with E-state index in [9.17, 15) is 9.59 Å². The Balaban J connectivity index is 2.31. The van der Waals surface area contributed by atoms with Crippen LogP contribution in [0.5, 0.6) is 0 Å². The van der Waals surface area contributed by atoms with E-state index in [1.54, 1.807) is 24.3 Å². The molecule has 0 saturated heterocycles. The fourth-order valence-electron chi connectivity index (χ4n) is 3.35. The number of nitrogens with one attached hydrogen (secondary N) is 1. The summed E-state index contributed by atoms with van der Waals surface area (Å²) in [6, 6.07) is 7.04. The van der Waals surface area contributed by atoms with Crippen LogP contribution in [-0.2, 0) is 9.53 Å². The van der Waals surface area contributed by atoms with Gasteiger partial charge in [0.2, 0.25) is 0 Å². The number of hydrogen-bond donors (Lipinski definition) is 1. The van der Waals surface area contributed by atoms with Crippen molar-refractivity contribution in [1.82, 2.24) is 5.32 Å². The van der Waals surface area contributed by atoms with Crippen LogP contribution >= 0.6 is 50.5 Å². The normalized spacial score (nSPS) is 21.7. The molecule has 0 radical (unpaired) electrons. The van der Waals surface area contributed by atoms with Gasteiger partial charge in [-0.05, 0) is 51.7 Å². The zero-order valence-electron chi connectivity index (χ0n) is 13.6. The Labute approximate surface area is 173 Å². The molecule has 8 heteroatoms. The van der Waals surface area contributed by atoms with Crippen LogP contribution in [0, 0.1) is 0 Å². The molecule has 26 heavy (non-hydrogen) atoms. The Kier molecular flexibility index (Phi) is 5.49. The molecule has 2 aromatic rings. The van der Waals surface area contributed by atoms with E-state index in [1.165, 1.54) is 18.4 Å². The highest BCUT2D eigenvalue weighted by molar-refractivity contribution is 9.11. The van der Waals surface area contributed by atoms with Gasteiger partial charge < -0.3 is 10.1 Å². The first-order chi connectivity index (χ1) is 12.3. The minimum Gasteiger partial charge on any atom is -0.467 e. The van der Waals surface area contributed by atoms with Crippen LogP contribution in [0.15, 0.2) is 40.7 Å². The van der Waals surface area contributed by atoms with E-state index in [0.29, 0.717) is 14.9 Å². The first-order valence-electron chi connectivity index (χ1n) is 7.60. The maximum Gasteiger partial charge on any atom is 0.332 e. The highest BCUT2D eigenvalue weighted by Crippen LogP contribution is 2.47. The monoisotopic (exact) mass is 473 g/mol. The minimum absolute atomic E-state index is 0.198. The smallest absolute Gasteiger partial charge is 0.332 e. The van der Waals surface area contributed by atoms with Crippen molar-refractivity contribution in [3.63, 3.8) is 0 Å². The van der Waals surface area contributed by atoms with Crippen molar-refractivity contribution in [3.05, 3.63) is 66.8 Å². The van der Waals surface area contributed by atoms with Crippen molar-refractivity contribution in [3.8, 4) is 0 Å². The summed E-state index contributed by atoms with van der Waals surface area (Å²) in [5.41, 5.74) is 0.160. The third-order valence-electron chi connectivity index (χ3n) is 4.37.